The van der Waals surface area contributed by atoms with Crippen LogP contribution < -0.4 is 21.1 Å². The zero-order valence-electron chi connectivity index (χ0n) is 17.3. The molecule has 2 aromatic heterocycles. The predicted octanol–water partition coefficient (Wildman–Crippen LogP) is 2.56. The molecule has 158 valence electrons. The molecule has 0 bridgehead atoms. The SMILES string of the molecule is COc1ccc2[nH]cc(CCN=C3NC=CC(N)(Cc4ccc5nc[nH]c5c4)N3)c2c1. The Kier molecular flexibility index (Phi) is 4.83. The monoisotopic (exact) mass is 415 g/mol. The van der Waals surface area contributed by atoms with Crippen molar-refractivity contribution in [2.45, 2.75) is 18.5 Å². The van der Waals surface area contributed by atoms with E-state index in [0.29, 0.717) is 18.9 Å². The Morgan fingerprint density at radius 2 is 2.06 bits per heavy atom. The first-order valence-electron chi connectivity index (χ1n) is 10.2. The Hall–Kier alpha value is -3.78. The number of aromatic amines is 2. The molecule has 6 N–H and O–H groups in total. The lowest BCUT2D eigenvalue weighted by atomic mass is 9.99. The van der Waals surface area contributed by atoms with Crippen LogP contribution in [0.4, 0.5) is 0 Å². The topological polar surface area (TPSA) is 116 Å². The van der Waals surface area contributed by atoms with E-state index < -0.39 is 5.66 Å². The second kappa shape index (κ2) is 7.81. The molecule has 0 spiro atoms. The maximum absolute atomic E-state index is 6.61. The lowest BCUT2D eigenvalue weighted by molar-refractivity contribution is 0.415. The van der Waals surface area contributed by atoms with Crippen LogP contribution in [0.25, 0.3) is 21.9 Å². The van der Waals surface area contributed by atoms with E-state index in [1.807, 2.05) is 36.7 Å². The molecule has 8 heteroatoms. The van der Waals surface area contributed by atoms with E-state index in [1.54, 1.807) is 13.4 Å². The van der Waals surface area contributed by atoms with Gasteiger partial charge in [-0.15, -0.1) is 0 Å². The standard InChI is InChI=1S/C23H25N7O/c1-31-17-3-5-19-18(11-17)16(13-27-19)6-8-25-22-26-9-7-23(24,30-22)12-15-2-4-20-21(10-15)29-14-28-20/h2-5,7,9-11,13-14,27H,6,8,12,24H2,1H3,(H,28,29)(H2,25,26,30). The second-order valence-corrected chi connectivity index (χ2v) is 7.78. The van der Waals surface area contributed by atoms with Crippen molar-refractivity contribution >= 4 is 27.9 Å². The van der Waals surface area contributed by atoms with Crippen LogP contribution in [-0.2, 0) is 12.8 Å². The fraction of sp³-hybridized carbons (Fsp3) is 0.217. The first-order valence-corrected chi connectivity index (χ1v) is 10.2. The van der Waals surface area contributed by atoms with E-state index in [2.05, 4.69) is 48.8 Å². The summed E-state index contributed by atoms with van der Waals surface area (Å²) in [6, 6.07) is 12.2. The number of nitrogens with zero attached hydrogens (tertiary/aromatic N) is 2. The van der Waals surface area contributed by atoms with Crippen LogP contribution in [0, 0.1) is 0 Å². The Morgan fingerprint density at radius 3 is 2.97 bits per heavy atom. The molecular weight excluding hydrogens is 390 g/mol. The molecule has 2 aromatic carbocycles. The smallest absolute Gasteiger partial charge is 0.197 e. The van der Waals surface area contributed by atoms with Gasteiger partial charge in [-0.3, -0.25) is 4.99 Å². The van der Waals surface area contributed by atoms with Gasteiger partial charge in [-0.1, -0.05) is 6.07 Å². The number of methoxy groups -OCH3 is 1. The van der Waals surface area contributed by atoms with Gasteiger partial charge in [0.25, 0.3) is 0 Å². The molecule has 1 atom stereocenters. The number of aliphatic imine (C=N–C) groups is 1. The first-order chi connectivity index (χ1) is 15.1. The molecule has 4 aromatic rings. The van der Waals surface area contributed by atoms with Crippen LogP contribution in [0.2, 0.25) is 0 Å². The second-order valence-electron chi connectivity index (χ2n) is 7.78. The molecule has 0 fully saturated rings. The molecule has 0 saturated carbocycles. The quantitative estimate of drug-likeness (QED) is 0.332. The molecule has 1 unspecified atom stereocenters. The zero-order valence-corrected chi connectivity index (χ0v) is 17.3. The Morgan fingerprint density at radius 1 is 1.13 bits per heavy atom. The summed E-state index contributed by atoms with van der Waals surface area (Å²) in [5.74, 6) is 1.52. The largest absolute Gasteiger partial charge is 0.497 e. The van der Waals surface area contributed by atoms with E-state index >= 15 is 0 Å². The lowest BCUT2D eigenvalue weighted by Crippen LogP contribution is -2.61. The van der Waals surface area contributed by atoms with Gasteiger partial charge in [0.05, 0.1) is 24.5 Å². The predicted molar refractivity (Wildman–Crippen MR) is 123 cm³/mol. The third kappa shape index (κ3) is 3.97. The van der Waals surface area contributed by atoms with Crippen LogP contribution in [0.3, 0.4) is 0 Å². The van der Waals surface area contributed by atoms with Crippen molar-refractivity contribution in [3.63, 3.8) is 0 Å². The number of nitrogens with one attached hydrogen (secondary N) is 4. The molecule has 0 radical (unpaired) electrons. The van der Waals surface area contributed by atoms with Crippen molar-refractivity contribution in [2.75, 3.05) is 13.7 Å². The number of H-pyrrole nitrogens is 2. The highest BCUT2D eigenvalue weighted by Gasteiger charge is 2.26. The Labute approximate surface area is 179 Å². The van der Waals surface area contributed by atoms with Crippen molar-refractivity contribution in [3.05, 3.63) is 72.3 Å². The van der Waals surface area contributed by atoms with Crippen LogP contribution in [0.15, 0.2) is 66.2 Å². The van der Waals surface area contributed by atoms with Crippen LogP contribution in [0.5, 0.6) is 5.75 Å². The number of ether oxygens (including phenoxy) is 1. The van der Waals surface area contributed by atoms with Crippen molar-refractivity contribution in [1.82, 2.24) is 25.6 Å². The number of nitrogens with two attached hydrogens (primary N) is 1. The number of hydrogen-bond acceptors (Lipinski definition) is 4. The fourth-order valence-corrected chi connectivity index (χ4v) is 3.97. The Balaban J connectivity index is 1.26. The average molecular weight is 416 g/mol. The van der Waals surface area contributed by atoms with Crippen molar-refractivity contribution in [1.29, 1.82) is 0 Å². The van der Waals surface area contributed by atoms with Gasteiger partial charge in [-0.2, -0.15) is 0 Å². The van der Waals surface area contributed by atoms with Gasteiger partial charge in [-0.25, -0.2) is 4.98 Å². The van der Waals surface area contributed by atoms with E-state index in [-0.39, 0.29) is 0 Å². The first kappa shape index (κ1) is 19.2. The summed E-state index contributed by atoms with van der Waals surface area (Å²) in [5, 5.41) is 7.65. The summed E-state index contributed by atoms with van der Waals surface area (Å²) in [4.78, 5) is 15.4. The van der Waals surface area contributed by atoms with E-state index in [1.165, 1.54) is 5.56 Å². The summed E-state index contributed by atoms with van der Waals surface area (Å²) < 4.78 is 5.35. The van der Waals surface area contributed by atoms with Gasteiger partial charge in [0.1, 0.15) is 11.4 Å². The third-order valence-corrected chi connectivity index (χ3v) is 5.56. The third-order valence-electron chi connectivity index (χ3n) is 5.56. The van der Waals surface area contributed by atoms with Crippen LogP contribution in [-0.4, -0.2) is 40.2 Å². The molecule has 31 heavy (non-hydrogen) atoms. The Bertz CT molecular complexity index is 1290. The highest BCUT2D eigenvalue weighted by molar-refractivity contribution is 5.85. The molecular formula is C23H25N7O. The van der Waals surface area contributed by atoms with Crippen molar-refractivity contribution in [2.24, 2.45) is 10.7 Å². The maximum atomic E-state index is 6.61. The summed E-state index contributed by atoms with van der Waals surface area (Å²) in [6.45, 7) is 0.628. The highest BCUT2D eigenvalue weighted by Crippen LogP contribution is 2.24. The molecule has 8 nitrogen and oxygen atoms in total. The number of rotatable bonds is 6. The van der Waals surface area contributed by atoms with E-state index in [4.69, 9.17) is 10.5 Å². The zero-order chi connectivity index (χ0) is 21.3. The number of hydrogen-bond donors (Lipinski definition) is 5. The molecule has 3 heterocycles. The molecule has 0 saturated heterocycles. The van der Waals surface area contributed by atoms with E-state index in [0.717, 1.165) is 39.7 Å². The molecule has 1 aliphatic rings. The van der Waals surface area contributed by atoms with Crippen LogP contribution in [0.1, 0.15) is 11.1 Å². The minimum absolute atomic E-state index is 0.626. The van der Waals surface area contributed by atoms with Gasteiger partial charge in [0.15, 0.2) is 5.96 Å². The molecule has 5 rings (SSSR count). The molecule has 1 aliphatic heterocycles. The van der Waals surface area contributed by atoms with Crippen LogP contribution >= 0.6 is 0 Å². The molecule has 0 aliphatic carbocycles. The summed E-state index contributed by atoms with van der Waals surface area (Å²) in [7, 11) is 1.68. The minimum Gasteiger partial charge on any atom is -0.497 e. The minimum atomic E-state index is -0.716. The van der Waals surface area contributed by atoms with Gasteiger partial charge in [0, 0.05) is 36.3 Å². The fourth-order valence-electron chi connectivity index (χ4n) is 3.97. The van der Waals surface area contributed by atoms with Gasteiger partial charge in [0.2, 0.25) is 0 Å². The van der Waals surface area contributed by atoms with Crippen molar-refractivity contribution < 1.29 is 4.74 Å². The van der Waals surface area contributed by atoms with Gasteiger partial charge >= 0.3 is 0 Å². The van der Waals surface area contributed by atoms with Gasteiger partial charge in [-0.05, 0) is 54.0 Å². The van der Waals surface area contributed by atoms with E-state index in [9.17, 15) is 0 Å². The maximum Gasteiger partial charge on any atom is 0.197 e. The summed E-state index contributed by atoms with van der Waals surface area (Å²) >= 11 is 0. The molecule has 0 amide bonds. The highest BCUT2D eigenvalue weighted by atomic mass is 16.5. The number of aromatic nitrogens is 3. The van der Waals surface area contributed by atoms with Gasteiger partial charge < -0.3 is 31.1 Å². The number of fused-ring (bicyclic) bond motifs is 2. The van der Waals surface area contributed by atoms with Crippen molar-refractivity contribution in [3.8, 4) is 5.75 Å². The number of guanidine groups is 1. The average Bonchev–Trinajstić information content (AvgIpc) is 3.39. The summed E-state index contributed by atoms with van der Waals surface area (Å²) in [5.41, 5.74) is 11.3. The normalized spacial score (nSPS) is 19.6. The summed E-state index contributed by atoms with van der Waals surface area (Å²) in [6.07, 6.45) is 8.93. The number of imidazole rings is 1. The lowest BCUT2D eigenvalue weighted by Gasteiger charge is -2.32. The number of benzene rings is 2.